The number of aromatic hydroxyl groups is 2. The van der Waals surface area contributed by atoms with Crippen molar-refractivity contribution in [3.05, 3.63) is 57.8 Å². The Labute approximate surface area is 329 Å². The van der Waals surface area contributed by atoms with E-state index in [0.717, 1.165) is 11.6 Å². The van der Waals surface area contributed by atoms with Crippen LogP contribution in [0.1, 0.15) is 26.3 Å². The van der Waals surface area contributed by atoms with E-state index in [2.05, 4.69) is 0 Å². The lowest BCUT2D eigenvalue weighted by atomic mass is 9.97. The molecule has 20 heteroatoms. The molecule has 58 heavy (non-hydrogen) atoms. The first-order valence-corrected chi connectivity index (χ1v) is 18.4. The number of rotatable bonds is 11. The smallest absolute Gasteiger partial charge is 0.239 e. The molecule has 12 N–H and O–H groups in total. The molecule has 20 nitrogen and oxygen atoms in total. The molecule has 0 spiro atoms. The zero-order valence-corrected chi connectivity index (χ0v) is 31.4. The highest BCUT2D eigenvalue weighted by molar-refractivity contribution is 5.91. The minimum absolute atomic E-state index is 0.0215. The zero-order valence-electron chi connectivity index (χ0n) is 31.4. The zero-order chi connectivity index (χ0) is 42.3. The van der Waals surface area contributed by atoms with E-state index < -0.39 is 128 Å². The summed E-state index contributed by atoms with van der Waals surface area (Å²) in [7, 11) is 0. The summed E-state index contributed by atoms with van der Waals surface area (Å²) >= 11 is 0. The van der Waals surface area contributed by atoms with Crippen molar-refractivity contribution in [1.82, 2.24) is 0 Å². The topological polar surface area (TPSA) is 328 Å². The van der Waals surface area contributed by atoms with Gasteiger partial charge in [-0.25, -0.2) is 0 Å². The number of phenolic OH excluding ortho intramolecular Hbond substituents is 2. The molecule has 3 aliphatic rings. The predicted octanol–water partition coefficient (Wildman–Crippen LogP) is -2.41. The van der Waals surface area contributed by atoms with Gasteiger partial charge in [-0.05, 0) is 51.5 Å². The average Bonchev–Trinajstić information content (AvgIpc) is 3.19. The fraction of sp³-hybridized carbons (Fsp3) is 0.553. The molecule has 3 fully saturated rings. The van der Waals surface area contributed by atoms with Crippen LogP contribution >= 0.6 is 0 Å². The second kappa shape index (κ2) is 17.7. The number of fused-ring (bicyclic) bond motifs is 1. The summed E-state index contributed by atoms with van der Waals surface area (Å²) < 4.78 is 41.1. The molecule has 15 atom stereocenters. The number of benzene rings is 2. The molecule has 2 aromatic carbocycles. The van der Waals surface area contributed by atoms with Gasteiger partial charge in [-0.3, -0.25) is 4.79 Å². The Kier molecular flexibility index (Phi) is 13.3. The highest BCUT2D eigenvalue weighted by Gasteiger charge is 2.51. The molecular formula is C38H48O20. The number of ether oxygens (including phenoxy) is 6. The van der Waals surface area contributed by atoms with Crippen LogP contribution in [0.25, 0.3) is 22.3 Å². The van der Waals surface area contributed by atoms with Gasteiger partial charge in [-0.2, -0.15) is 0 Å². The molecule has 3 aromatic rings. The first kappa shape index (κ1) is 43.6. The van der Waals surface area contributed by atoms with Crippen molar-refractivity contribution in [2.24, 2.45) is 0 Å². The summed E-state index contributed by atoms with van der Waals surface area (Å²) in [6.45, 7) is 3.38. The van der Waals surface area contributed by atoms with Gasteiger partial charge >= 0.3 is 0 Å². The van der Waals surface area contributed by atoms with Gasteiger partial charge in [0.15, 0.2) is 18.2 Å². The van der Waals surface area contributed by atoms with Gasteiger partial charge in [-0.15, -0.1) is 0 Å². The summed E-state index contributed by atoms with van der Waals surface area (Å²) in [6.07, 6.45) is -23.8. The highest BCUT2D eigenvalue weighted by Crippen LogP contribution is 2.42. The lowest BCUT2D eigenvalue weighted by Crippen LogP contribution is -2.64. The van der Waals surface area contributed by atoms with Crippen LogP contribution in [-0.4, -0.2) is 167 Å². The quantitative estimate of drug-likeness (QED) is 0.0896. The molecule has 0 aliphatic carbocycles. The van der Waals surface area contributed by atoms with E-state index in [4.69, 9.17) is 32.8 Å². The molecular weight excluding hydrogens is 776 g/mol. The second-order valence-corrected chi connectivity index (χ2v) is 14.6. The average molecular weight is 825 g/mol. The Morgan fingerprint density at radius 1 is 0.724 bits per heavy atom. The Hall–Kier alpha value is -3.97. The van der Waals surface area contributed by atoms with Gasteiger partial charge < -0.3 is 94.1 Å². The second-order valence-electron chi connectivity index (χ2n) is 14.6. The minimum atomic E-state index is -1.95. The standard InChI is InChI=1S/C38H48O20/c1-13(2)4-9-17-19(53-36-30(50)27(47)24(44)20(11-39)54-36)10-18(42)22-26(46)34(32(56-33(17)22)15-5-7-16(41)8-6-15)57-38-35(29(49)23(43)14(3)52-38)58-37-31(51)28(48)25(45)21(12-40)55-37/h4-8,10,14,20-21,23-25,27-31,35-45,47-51H,9,11-12H2,1-3H3/t14-,20-,21-,23-,24-,25-,27-,28-,29-,30-,31-,35-,36-,37+,38+/m1/s1. The Balaban J connectivity index is 1.49. The monoisotopic (exact) mass is 824 g/mol. The molecule has 1 aromatic heterocycles. The molecule has 3 saturated heterocycles. The summed E-state index contributed by atoms with van der Waals surface area (Å²) in [6, 6.07) is 6.28. The van der Waals surface area contributed by atoms with Crippen LogP contribution in [0.4, 0.5) is 0 Å². The van der Waals surface area contributed by atoms with Crippen molar-refractivity contribution >= 4 is 11.0 Å². The van der Waals surface area contributed by atoms with E-state index in [9.17, 15) is 66.1 Å². The van der Waals surface area contributed by atoms with Crippen LogP contribution < -0.4 is 14.9 Å². The summed E-state index contributed by atoms with van der Waals surface area (Å²) in [4.78, 5) is 14.7. The number of hydrogen-bond acceptors (Lipinski definition) is 20. The minimum Gasteiger partial charge on any atom is -0.508 e. The van der Waals surface area contributed by atoms with Crippen molar-refractivity contribution < 1.29 is 94.1 Å². The maximum absolute atomic E-state index is 14.7. The van der Waals surface area contributed by atoms with E-state index in [1.807, 2.05) is 0 Å². The summed E-state index contributed by atoms with van der Waals surface area (Å²) in [5, 5.41) is 125. The third-order valence-electron chi connectivity index (χ3n) is 10.3. The molecule has 0 unspecified atom stereocenters. The van der Waals surface area contributed by atoms with E-state index in [-0.39, 0.29) is 40.4 Å². The fourth-order valence-corrected chi connectivity index (χ4v) is 6.86. The summed E-state index contributed by atoms with van der Waals surface area (Å²) in [5.74, 6) is -2.08. The highest BCUT2D eigenvalue weighted by atomic mass is 16.8. The molecule has 0 saturated carbocycles. The van der Waals surface area contributed by atoms with Crippen molar-refractivity contribution in [3.63, 3.8) is 0 Å². The van der Waals surface area contributed by atoms with Crippen LogP contribution in [0.3, 0.4) is 0 Å². The third kappa shape index (κ3) is 8.40. The van der Waals surface area contributed by atoms with Gasteiger partial charge in [0, 0.05) is 17.2 Å². The molecule has 4 heterocycles. The molecule has 0 amide bonds. The number of aliphatic hydroxyl groups excluding tert-OH is 10. The van der Waals surface area contributed by atoms with Gasteiger partial charge in [0.2, 0.25) is 23.8 Å². The van der Waals surface area contributed by atoms with Crippen molar-refractivity contribution in [2.45, 2.75) is 119 Å². The van der Waals surface area contributed by atoms with Crippen LogP contribution in [-0.2, 0) is 25.4 Å². The SMILES string of the molecule is CC(C)=CCc1c(O[C@@H]2O[C@H](CO)[C@@H](O)[C@@H](O)[C@H]2O)cc(O)c2c(=O)c(O[C@@H]3O[C@H](C)[C@@H](O)[C@@H](O)[C@H]3O[C@@H]3O[C@H](CO)[C@@H](O)[C@@H](O)[C@H]3O)c(-c3ccc(O)cc3)oc12. The Morgan fingerprint density at radius 2 is 1.31 bits per heavy atom. The molecule has 6 rings (SSSR count). The predicted molar refractivity (Wildman–Crippen MR) is 194 cm³/mol. The van der Waals surface area contributed by atoms with Crippen LogP contribution in [0, 0.1) is 0 Å². The van der Waals surface area contributed by atoms with Crippen molar-refractivity contribution in [3.8, 4) is 34.3 Å². The lowest BCUT2D eigenvalue weighted by Gasteiger charge is -2.45. The number of hydrogen-bond donors (Lipinski definition) is 12. The lowest BCUT2D eigenvalue weighted by molar-refractivity contribution is -0.355. The van der Waals surface area contributed by atoms with Crippen LogP contribution in [0.5, 0.6) is 23.0 Å². The molecule has 3 aliphatic heterocycles. The molecule has 0 radical (unpaired) electrons. The summed E-state index contributed by atoms with van der Waals surface area (Å²) in [5.41, 5.74) is -0.255. The van der Waals surface area contributed by atoms with E-state index in [1.165, 1.54) is 31.2 Å². The van der Waals surface area contributed by atoms with Crippen molar-refractivity contribution in [2.75, 3.05) is 13.2 Å². The van der Waals surface area contributed by atoms with Gasteiger partial charge in [-0.1, -0.05) is 11.6 Å². The third-order valence-corrected chi connectivity index (χ3v) is 10.3. The van der Waals surface area contributed by atoms with Crippen molar-refractivity contribution in [1.29, 1.82) is 0 Å². The van der Waals surface area contributed by atoms with Gasteiger partial charge in [0.25, 0.3) is 0 Å². The van der Waals surface area contributed by atoms with Gasteiger partial charge in [0.1, 0.15) is 89.3 Å². The maximum atomic E-state index is 14.7. The van der Waals surface area contributed by atoms with Crippen LogP contribution in [0.15, 0.2) is 51.2 Å². The van der Waals surface area contributed by atoms with E-state index >= 15 is 0 Å². The molecule has 320 valence electrons. The van der Waals surface area contributed by atoms with E-state index in [1.54, 1.807) is 19.9 Å². The normalized spacial score (nSPS) is 35.4. The van der Waals surface area contributed by atoms with E-state index in [0.29, 0.717) is 0 Å². The van der Waals surface area contributed by atoms with Gasteiger partial charge in [0.05, 0.1) is 19.3 Å². The number of aliphatic hydroxyl groups is 10. The largest absolute Gasteiger partial charge is 0.508 e. The number of phenols is 2. The Bertz CT molecular complexity index is 1980. The first-order chi connectivity index (χ1) is 27.5. The van der Waals surface area contributed by atoms with Crippen LogP contribution in [0.2, 0.25) is 0 Å². The molecule has 0 bridgehead atoms. The number of allylic oxidation sites excluding steroid dienone is 2. The Morgan fingerprint density at radius 3 is 1.90 bits per heavy atom. The first-order valence-electron chi connectivity index (χ1n) is 18.4. The maximum Gasteiger partial charge on any atom is 0.239 e. The fourth-order valence-electron chi connectivity index (χ4n) is 6.86.